The predicted molar refractivity (Wildman–Crippen MR) is 88.4 cm³/mol. The summed E-state index contributed by atoms with van der Waals surface area (Å²) in [4.78, 5) is 0.149. The third kappa shape index (κ3) is 3.04. The van der Waals surface area contributed by atoms with Crippen LogP contribution < -0.4 is 9.47 Å². The third-order valence-electron chi connectivity index (χ3n) is 4.24. The molecule has 0 radical (unpaired) electrons. The average molecular weight is 381 g/mol. The van der Waals surface area contributed by atoms with Crippen LogP contribution in [0.4, 0.5) is 0 Å². The molecule has 2 aliphatic rings. The van der Waals surface area contributed by atoms with Gasteiger partial charge in [-0.05, 0) is 12.1 Å². The highest BCUT2D eigenvalue weighted by atomic mass is 32.2. The molecule has 0 bridgehead atoms. The number of aromatic nitrogens is 2. The molecule has 1 fully saturated rings. The topological polar surface area (TPSA) is 104 Å². The zero-order valence-electron chi connectivity index (χ0n) is 14.4. The van der Waals surface area contributed by atoms with Gasteiger partial charge in [-0.3, -0.25) is 0 Å². The van der Waals surface area contributed by atoms with Gasteiger partial charge in [0, 0.05) is 25.1 Å². The summed E-state index contributed by atoms with van der Waals surface area (Å²) < 4.78 is 49.1. The van der Waals surface area contributed by atoms with Crippen LogP contribution >= 0.6 is 0 Å². The van der Waals surface area contributed by atoms with E-state index >= 15 is 0 Å². The smallest absolute Gasteiger partial charge is 0.246 e. The van der Waals surface area contributed by atoms with Crippen LogP contribution in [0.5, 0.6) is 11.5 Å². The second kappa shape index (κ2) is 6.53. The molecule has 0 aliphatic carbocycles. The van der Waals surface area contributed by atoms with Gasteiger partial charge in [0.25, 0.3) is 0 Å². The maximum Gasteiger partial charge on any atom is 0.246 e. The van der Waals surface area contributed by atoms with Crippen LogP contribution in [0.1, 0.15) is 37.7 Å². The quantitative estimate of drug-likeness (QED) is 0.788. The Morgan fingerprint density at radius 3 is 2.77 bits per heavy atom. The fourth-order valence-electron chi connectivity index (χ4n) is 2.79. The highest BCUT2D eigenvalue weighted by Crippen LogP contribution is 2.35. The summed E-state index contributed by atoms with van der Waals surface area (Å²) in [6, 6.07) is 4.59. The van der Waals surface area contributed by atoms with E-state index in [2.05, 4.69) is 10.2 Å². The second-order valence-corrected chi connectivity index (χ2v) is 8.31. The Morgan fingerprint density at radius 1 is 1.19 bits per heavy atom. The van der Waals surface area contributed by atoms with Gasteiger partial charge in [-0.2, -0.15) is 4.31 Å². The van der Waals surface area contributed by atoms with Gasteiger partial charge in [0.15, 0.2) is 11.5 Å². The molecule has 0 spiro atoms. The number of ether oxygens (including phenoxy) is 3. The van der Waals surface area contributed by atoms with Gasteiger partial charge in [0.05, 0.1) is 11.5 Å². The van der Waals surface area contributed by atoms with Crippen LogP contribution in [0.2, 0.25) is 0 Å². The lowest BCUT2D eigenvalue weighted by atomic mass is 10.2. The Hall–Kier alpha value is -2.17. The van der Waals surface area contributed by atoms with Gasteiger partial charge < -0.3 is 18.6 Å². The van der Waals surface area contributed by atoms with E-state index in [0.717, 1.165) is 0 Å². The normalized spacial score (nSPS) is 20.7. The number of fused-ring (bicyclic) bond motifs is 1. The Morgan fingerprint density at radius 2 is 2.00 bits per heavy atom. The van der Waals surface area contributed by atoms with Crippen molar-refractivity contribution >= 4 is 10.0 Å². The van der Waals surface area contributed by atoms with Crippen molar-refractivity contribution in [1.82, 2.24) is 14.5 Å². The Labute approximate surface area is 150 Å². The summed E-state index contributed by atoms with van der Waals surface area (Å²) >= 11 is 0. The van der Waals surface area contributed by atoms with E-state index in [-0.39, 0.29) is 37.3 Å². The van der Waals surface area contributed by atoms with Crippen molar-refractivity contribution in [2.75, 3.05) is 26.5 Å². The molecule has 0 saturated carbocycles. The molecular weight excluding hydrogens is 362 g/mol. The lowest BCUT2D eigenvalue weighted by Gasteiger charge is -2.30. The SMILES string of the molecule is CC(C)c1nnc(C2CN(S(=O)(=O)c3ccc4c(c3)OCO4)CCO2)o1. The van der Waals surface area contributed by atoms with Crippen molar-refractivity contribution in [3.8, 4) is 11.5 Å². The van der Waals surface area contributed by atoms with E-state index in [0.29, 0.717) is 23.3 Å². The summed E-state index contributed by atoms with van der Waals surface area (Å²) in [6.07, 6.45) is -0.590. The van der Waals surface area contributed by atoms with Crippen LogP contribution in [0.3, 0.4) is 0 Å². The van der Waals surface area contributed by atoms with E-state index in [1.165, 1.54) is 16.4 Å². The summed E-state index contributed by atoms with van der Waals surface area (Å²) in [6.45, 7) is 4.57. The fourth-order valence-corrected chi connectivity index (χ4v) is 4.23. The summed E-state index contributed by atoms with van der Waals surface area (Å²) in [5, 5.41) is 7.98. The highest BCUT2D eigenvalue weighted by molar-refractivity contribution is 7.89. The zero-order valence-corrected chi connectivity index (χ0v) is 15.2. The van der Waals surface area contributed by atoms with Crippen molar-refractivity contribution in [2.24, 2.45) is 0 Å². The molecule has 1 aromatic heterocycles. The molecule has 1 atom stereocenters. The minimum absolute atomic E-state index is 0.0910. The van der Waals surface area contributed by atoms with Gasteiger partial charge in [-0.15, -0.1) is 10.2 Å². The van der Waals surface area contributed by atoms with Crippen LogP contribution in [0, 0.1) is 0 Å². The molecule has 4 rings (SSSR count). The minimum atomic E-state index is -3.71. The molecule has 9 nitrogen and oxygen atoms in total. The molecule has 10 heteroatoms. The molecule has 2 aromatic rings. The van der Waals surface area contributed by atoms with E-state index in [1.54, 1.807) is 6.07 Å². The number of benzene rings is 1. The first kappa shape index (κ1) is 17.3. The zero-order chi connectivity index (χ0) is 18.3. The van der Waals surface area contributed by atoms with Crippen LogP contribution in [0.25, 0.3) is 0 Å². The lowest BCUT2D eigenvalue weighted by molar-refractivity contribution is -0.0179. The lowest BCUT2D eigenvalue weighted by Crippen LogP contribution is -2.42. The summed E-state index contributed by atoms with van der Waals surface area (Å²) in [5.41, 5.74) is 0. The fraction of sp³-hybridized carbons (Fsp3) is 0.500. The Bertz CT molecular complexity index is 910. The van der Waals surface area contributed by atoms with Gasteiger partial charge in [-0.25, -0.2) is 8.42 Å². The molecular formula is C16H19N3O6S. The van der Waals surface area contributed by atoms with Crippen molar-refractivity contribution in [2.45, 2.75) is 30.8 Å². The first-order valence-corrected chi connectivity index (χ1v) is 9.74. The monoisotopic (exact) mass is 381 g/mol. The standard InChI is InChI=1S/C16H19N3O6S/c1-10(2)15-17-18-16(25-15)14-8-19(5-6-22-14)26(20,21)11-3-4-12-13(7-11)24-9-23-12/h3-4,7,10,14H,5-6,8-9H2,1-2H3. The van der Waals surface area contributed by atoms with Gasteiger partial charge >= 0.3 is 0 Å². The maximum absolute atomic E-state index is 13.0. The van der Waals surface area contributed by atoms with E-state index in [9.17, 15) is 8.42 Å². The second-order valence-electron chi connectivity index (χ2n) is 6.37. The third-order valence-corrected chi connectivity index (χ3v) is 6.10. The van der Waals surface area contributed by atoms with E-state index in [1.807, 2.05) is 13.8 Å². The molecule has 1 aromatic carbocycles. The largest absolute Gasteiger partial charge is 0.454 e. The summed E-state index contributed by atoms with van der Waals surface area (Å²) in [7, 11) is -3.71. The maximum atomic E-state index is 13.0. The van der Waals surface area contributed by atoms with Crippen LogP contribution in [-0.2, 0) is 14.8 Å². The predicted octanol–water partition coefficient (Wildman–Crippen LogP) is 1.68. The number of rotatable bonds is 4. The molecule has 26 heavy (non-hydrogen) atoms. The molecule has 1 saturated heterocycles. The van der Waals surface area contributed by atoms with E-state index in [4.69, 9.17) is 18.6 Å². The number of morpholine rings is 1. The Kier molecular flexibility index (Phi) is 4.33. The summed E-state index contributed by atoms with van der Waals surface area (Å²) in [5.74, 6) is 1.84. The number of hydrogen-bond donors (Lipinski definition) is 0. The first-order chi connectivity index (χ1) is 12.4. The highest BCUT2D eigenvalue weighted by Gasteiger charge is 2.35. The van der Waals surface area contributed by atoms with E-state index < -0.39 is 16.1 Å². The molecule has 0 N–H and O–H groups in total. The first-order valence-electron chi connectivity index (χ1n) is 8.30. The Balaban J connectivity index is 1.56. The van der Waals surface area contributed by atoms with Gasteiger partial charge in [0.2, 0.25) is 28.6 Å². The van der Waals surface area contributed by atoms with Crippen LogP contribution in [0.15, 0.2) is 27.5 Å². The average Bonchev–Trinajstić information content (AvgIpc) is 3.30. The van der Waals surface area contributed by atoms with Crippen molar-refractivity contribution in [3.05, 3.63) is 30.0 Å². The molecule has 0 amide bonds. The van der Waals surface area contributed by atoms with Crippen molar-refractivity contribution < 1.29 is 27.0 Å². The number of nitrogens with zero attached hydrogens (tertiary/aromatic N) is 3. The van der Waals surface area contributed by atoms with Crippen LogP contribution in [-0.4, -0.2) is 49.4 Å². The molecule has 3 heterocycles. The molecule has 2 aliphatic heterocycles. The van der Waals surface area contributed by atoms with Crippen molar-refractivity contribution in [3.63, 3.8) is 0 Å². The van der Waals surface area contributed by atoms with Gasteiger partial charge in [0.1, 0.15) is 6.10 Å². The van der Waals surface area contributed by atoms with Gasteiger partial charge in [-0.1, -0.05) is 13.8 Å². The molecule has 1 unspecified atom stereocenters. The number of sulfonamides is 1. The number of hydrogen-bond acceptors (Lipinski definition) is 8. The molecule has 140 valence electrons. The van der Waals surface area contributed by atoms with Crippen molar-refractivity contribution in [1.29, 1.82) is 0 Å². The minimum Gasteiger partial charge on any atom is -0.454 e.